The summed E-state index contributed by atoms with van der Waals surface area (Å²) in [5.74, 6) is 1.34. The van der Waals surface area contributed by atoms with E-state index in [1.54, 1.807) is 6.20 Å². The van der Waals surface area contributed by atoms with Gasteiger partial charge in [0.05, 0.1) is 24.1 Å². The van der Waals surface area contributed by atoms with Gasteiger partial charge in [-0.2, -0.15) is 4.98 Å². The van der Waals surface area contributed by atoms with Gasteiger partial charge in [-0.1, -0.05) is 0 Å². The van der Waals surface area contributed by atoms with Crippen LogP contribution in [0.4, 0.5) is 17.5 Å². The number of imidazole rings is 1. The fraction of sp³-hybridized carbons (Fsp3) is 0.312. The van der Waals surface area contributed by atoms with Gasteiger partial charge in [0.25, 0.3) is 0 Å². The molecule has 0 radical (unpaired) electrons. The Bertz CT molecular complexity index is 872. The van der Waals surface area contributed by atoms with Gasteiger partial charge in [0.1, 0.15) is 5.69 Å². The van der Waals surface area contributed by atoms with E-state index in [2.05, 4.69) is 48.0 Å². The van der Waals surface area contributed by atoms with Crippen LogP contribution in [-0.2, 0) is 7.05 Å². The number of hydrogen-bond donors (Lipinski definition) is 1. The van der Waals surface area contributed by atoms with Crippen molar-refractivity contribution in [3.8, 4) is 0 Å². The molecule has 0 spiro atoms. The average Bonchev–Trinajstić information content (AvgIpc) is 2.80. The molecule has 120 valence electrons. The first-order valence-corrected chi connectivity index (χ1v) is 7.79. The van der Waals surface area contributed by atoms with Gasteiger partial charge in [-0.05, 0) is 31.5 Å². The summed E-state index contributed by atoms with van der Waals surface area (Å²) in [6, 6.07) is 8.32. The predicted octanol–water partition coefficient (Wildman–Crippen LogP) is 3.28. The van der Waals surface area contributed by atoms with Crippen molar-refractivity contribution in [2.24, 2.45) is 7.05 Å². The Balaban J connectivity index is 2.22. The minimum atomic E-state index is 0.246. The van der Waals surface area contributed by atoms with Gasteiger partial charge in [-0.3, -0.25) is 0 Å². The van der Waals surface area contributed by atoms with Crippen molar-refractivity contribution < 1.29 is 0 Å². The molecule has 3 aromatic rings. The van der Waals surface area contributed by atoms with Crippen LogP contribution in [0, 0.1) is 0 Å². The van der Waals surface area contributed by atoms with E-state index in [0.717, 1.165) is 22.5 Å². The maximum Gasteiger partial charge on any atom is 0.237 e. The van der Waals surface area contributed by atoms with Crippen LogP contribution in [-0.4, -0.2) is 32.6 Å². The Hall–Kier alpha value is -2.18. The largest absolute Gasteiger partial charge is 0.369 e. The van der Waals surface area contributed by atoms with Crippen LogP contribution in [0.1, 0.15) is 13.8 Å². The number of aryl methyl sites for hydroxylation is 1. The molecule has 3 rings (SSSR count). The highest BCUT2D eigenvalue weighted by molar-refractivity contribution is 6.28. The van der Waals surface area contributed by atoms with Crippen molar-refractivity contribution in [1.29, 1.82) is 0 Å². The van der Waals surface area contributed by atoms with E-state index in [1.807, 2.05) is 23.7 Å². The minimum Gasteiger partial charge on any atom is -0.369 e. The van der Waals surface area contributed by atoms with Crippen molar-refractivity contribution >= 4 is 40.1 Å². The second-order valence-electron chi connectivity index (χ2n) is 6.06. The van der Waals surface area contributed by atoms with E-state index in [-0.39, 0.29) is 11.3 Å². The third-order valence-corrected chi connectivity index (χ3v) is 4.74. The van der Waals surface area contributed by atoms with E-state index in [9.17, 15) is 0 Å². The highest BCUT2D eigenvalue weighted by Crippen LogP contribution is 2.36. The summed E-state index contributed by atoms with van der Waals surface area (Å²) >= 11 is 6.00. The lowest BCUT2D eigenvalue weighted by molar-refractivity contribution is 0.371. The fourth-order valence-corrected chi connectivity index (χ4v) is 2.92. The molecule has 0 aliphatic carbocycles. The zero-order chi connectivity index (χ0) is 16.8. The van der Waals surface area contributed by atoms with Gasteiger partial charge in [0.2, 0.25) is 17.0 Å². The van der Waals surface area contributed by atoms with Gasteiger partial charge in [0.15, 0.2) is 0 Å². The highest BCUT2D eigenvalue weighted by Gasteiger charge is 2.34. The molecule has 0 aliphatic heterocycles. The quantitative estimate of drug-likeness (QED) is 0.590. The normalized spacial score (nSPS) is 14.3. The lowest BCUT2D eigenvalue weighted by Crippen LogP contribution is -2.46. The molecule has 23 heavy (non-hydrogen) atoms. The average molecular weight is 332 g/mol. The molecule has 7 heteroatoms. The molecule has 2 heterocycles. The van der Waals surface area contributed by atoms with E-state index >= 15 is 0 Å². The smallest absolute Gasteiger partial charge is 0.237 e. The van der Waals surface area contributed by atoms with Crippen LogP contribution in [0.3, 0.4) is 0 Å². The molecule has 6 nitrogen and oxygen atoms in total. The van der Waals surface area contributed by atoms with Crippen LogP contribution < -0.4 is 10.2 Å². The summed E-state index contributed by atoms with van der Waals surface area (Å²) < 4.78 is 2.37. The van der Waals surface area contributed by atoms with Crippen LogP contribution in [0.15, 0.2) is 30.5 Å². The van der Waals surface area contributed by atoms with E-state index in [4.69, 9.17) is 17.3 Å². The SMILES string of the molecule is CC(C)[N+](C)(c1ccc2c(c1)nc(N)n2C)c1ccnc(Cl)n1. The lowest BCUT2D eigenvalue weighted by Gasteiger charge is -2.36. The third kappa shape index (κ3) is 2.44. The lowest BCUT2D eigenvalue weighted by atomic mass is 10.1. The molecule has 0 saturated heterocycles. The topological polar surface area (TPSA) is 69.6 Å². The Kier molecular flexibility index (Phi) is 3.74. The summed E-state index contributed by atoms with van der Waals surface area (Å²) in [7, 11) is 4.02. The van der Waals surface area contributed by atoms with Crippen LogP contribution in [0.5, 0.6) is 0 Å². The zero-order valence-electron chi connectivity index (χ0n) is 13.7. The van der Waals surface area contributed by atoms with Crippen molar-refractivity contribution in [2.45, 2.75) is 19.9 Å². The van der Waals surface area contributed by atoms with Crippen LogP contribution >= 0.6 is 11.6 Å². The molecule has 0 aliphatic rings. The molecule has 0 saturated carbocycles. The number of nitrogens with two attached hydrogens (primary N) is 1. The first-order chi connectivity index (χ1) is 10.8. The molecular weight excluding hydrogens is 312 g/mol. The summed E-state index contributed by atoms with van der Waals surface area (Å²) in [5.41, 5.74) is 8.85. The number of nitrogens with zero attached hydrogens (tertiary/aromatic N) is 5. The molecule has 0 amide bonds. The number of rotatable bonds is 3. The van der Waals surface area contributed by atoms with Crippen LogP contribution in [0.2, 0.25) is 5.28 Å². The van der Waals surface area contributed by atoms with Gasteiger partial charge in [-0.25, -0.2) is 14.5 Å². The number of quaternary nitrogens is 1. The summed E-state index contributed by atoms with van der Waals surface area (Å²) in [5, 5.41) is 0.246. The second kappa shape index (κ2) is 5.47. The molecule has 1 aromatic carbocycles. The molecule has 2 aromatic heterocycles. The Labute approximate surface area is 140 Å². The first kappa shape index (κ1) is 15.7. The molecule has 1 atom stereocenters. The standard InChI is InChI=1S/C16H20ClN6/c1-10(2)23(4,14-7-8-19-15(17)21-14)11-5-6-13-12(9-11)20-16(18)22(13)3/h5-10H,1-4H3,(H2,18,20)/q+1. The van der Waals surface area contributed by atoms with Gasteiger partial charge in [-0.15, -0.1) is 0 Å². The Morgan fingerprint density at radius 2 is 1.96 bits per heavy atom. The number of halogens is 1. The maximum absolute atomic E-state index is 6.00. The van der Waals surface area contributed by atoms with Gasteiger partial charge >= 0.3 is 0 Å². The number of aromatic nitrogens is 4. The molecule has 1 unspecified atom stereocenters. The zero-order valence-corrected chi connectivity index (χ0v) is 14.4. The predicted molar refractivity (Wildman–Crippen MR) is 94.7 cm³/mol. The maximum atomic E-state index is 6.00. The van der Waals surface area contributed by atoms with E-state index in [1.165, 1.54) is 0 Å². The summed E-state index contributed by atoms with van der Waals surface area (Å²) in [6.45, 7) is 4.29. The van der Waals surface area contributed by atoms with Crippen molar-refractivity contribution in [1.82, 2.24) is 24.0 Å². The molecule has 0 bridgehead atoms. The number of hydrogen-bond acceptors (Lipinski definition) is 4. The van der Waals surface area contributed by atoms with Crippen molar-refractivity contribution in [3.05, 3.63) is 35.7 Å². The highest BCUT2D eigenvalue weighted by atomic mass is 35.5. The summed E-state index contributed by atoms with van der Waals surface area (Å²) in [4.78, 5) is 12.8. The first-order valence-electron chi connectivity index (χ1n) is 7.42. The van der Waals surface area contributed by atoms with Crippen molar-refractivity contribution in [2.75, 3.05) is 12.8 Å². The molecule has 0 fully saturated rings. The van der Waals surface area contributed by atoms with Crippen LogP contribution in [0.25, 0.3) is 11.0 Å². The molecular formula is C16H20ClN6+. The Morgan fingerprint density at radius 1 is 1.22 bits per heavy atom. The van der Waals surface area contributed by atoms with Gasteiger partial charge < -0.3 is 10.3 Å². The van der Waals surface area contributed by atoms with E-state index < -0.39 is 0 Å². The fourth-order valence-electron chi connectivity index (χ4n) is 2.78. The van der Waals surface area contributed by atoms with Gasteiger partial charge in [0, 0.05) is 31.4 Å². The van der Waals surface area contributed by atoms with E-state index in [0.29, 0.717) is 10.4 Å². The van der Waals surface area contributed by atoms with Crippen molar-refractivity contribution in [3.63, 3.8) is 0 Å². The third-order valence-electron chi connectivity index (χ3n) is 4.56. The number of anilines is 1. The Morgan fingerprint density at radius 3 is 2.61 bits per heavy atom. The summed E-state index contributed by atoms with van der Waals surface area (Å²) in [6.07, 6.45) is 1.68. The monoisotopic (exact) mass is 331 g/mol. The number of nitrogen functional groups attached to an aromatic ring is 1. The molecule has 2 N–H and O–H groups in total. The number of fused-ring (bicyclic) bond motifs is 1. The minimum absolute atomic E-state index is 0.246. The number of benzene rings is 1. The second-order valence-corrected chi connectivity index (χ2v) is 6.39.